The molecule has 0 aliphatic carbocycles. The average Bonchev–Trinajstić information content (AvgIpc) is 2.89. The Kier molecular flexibility index (Phi) is 3.50. The summed E-state index contributed by atoms with van der Waals surface area (Å²) in [5.41, 5.74) is 2.21. The van der Waals surface area contributed by atoms with Gasteiger partial charge < -0.3 is 4.90 Å². The predicted octanol–water partition coefficient (Wildman–Crippen LogP) is 2.62. The second-order valence-corrected chi connectivity index (χ2v) is 7.63. The number of carbonyl (C=O) groups is 2. The van der Waals surface area contributed by atoms with Crippen LogP contribution >= 0.6 is 0 Å². The van der Waals surface area contributed by atoms with Crippen LogP contribution in [0.3, 0.4) is 0 Å². The molecule has 1 aromatic carbocycles. The van der Waals surface area contributed by atoms with Crippen molar-refractivity contribution in [3.63, 3.8) is 0 Å². The molecule has 1 unspecified atom stereocenters. The van der Waals surface area contributed by atoms with E-state index in [0.717, 1.165) is 13.0 Å². The Morgan fingerprint density at radius 2 is 1.95 bits per heavy atom. The van der Waals surface area contributed by atoms with E-state index in [1.54, 1.807) is 0 Å². The van der Waals surface area contributed by atoms with Crippen LogP contribution in [0.1, 0.15) is 45.6 Å². The fourth-order valence-corrected chi connectivity index (χ4v) is 3.44. The maximum absolute atomic E-state index is 12.3. The third-order valence-corrected chi connectivity index (χ3v) is 5.00. The molecule has 4 heteroatoms. The number of hydrogen-bond acceptors (Lipinski definition) is 3. The van der Waals surface area contributed by atoms with E-state index >= 15 is 0 Å². The van der Waals surface area contributed by atoms with Gasteiger partial charge in [0.2, 0.25) is 11.8 Å². The monoisotopic (exact) mass is 300 g/mol. The highest BCUT2D eigenvalue weighted by atomic mass is 16.2. The number of nitrogens with zero attached hydrogens (tertiary/aromatic N) is 1. The summed E-state index contributed by atoms with van der Waals surface area (Å²) < 4.78 is 0. The van der Waals surface area contributed by atoms with Gasteiger partial charge in [-0.25, -0.2) is 0 Å². The summed E-state index contributed by atoms with van der Waals surface area (Å²) in [4.78, 5) is 25.9. The lowest BCUT2D eigenvalue weighted by Crippen LogP contribution is -2.50. The Balaban J connectivity index is 1.81. The average molecular weight is 300 g/mol. The molecule has 0 aromatic heterocycles. The van der Waals surface area contributed by atoms with Gasteiger partial charge in [0.15, 0.2) is 0 Å². The number of imide groups is 1. The molecule has 1 spiro atoms. The zero-order valence-electron chi connectivity index (χ0n) is 13.6. The van der Waals surface area contributed by atoms with Gasteiger partial charge in [-0.1, -0.05) is 32.9 Å². The topological polar surface area (TPSA) is 49.4 Å². The molecule has 22 heavy (non-hydrogen) atoms. The molecule has 0 saturated carbocycles. The molecule has 1 N–H and O–H groups in total. The summed E-state index contributed by atoms with van der Waals surface area (Å²) in [7, 11) is 0. The number of piperidine rings is 1. The minimum absolute atomic E-state index is 0.0850. The van der Waals surface area contributed by atoms with Crippen LogP contribution in [0.25, 0.3) is 0 Å². The van der Waals surface area contributed by atoms with Crippen molar-refractivity contribution in [2.75, 3.05) is 18.0 Å². The summed E-state index contributed by atoms with van der Waals surface area (Å²) >= 11 is 0. The van der Waals surface area contributed by atoms with Crippen molar-refractivity contribution >= 4 is 17.5 Å². The SMILES string of the molecule is CC(C)(C)c1cccc(N2CCC3(CCC(=O)NC3=O)C2)c1. The molecular weight excluding hydrogens is 276 g/mol. The number of nitrogens with one attached hydrogen (secondary N) is 1. The number of benzene rings is 1. The Bertz CT molecular complexity index is 618. The Hall–Kier alpha value is -1.84. The van der Waals surface area contributed by atoms with E-state index in [0.29, 0.717) is 19.4 Å². The van der Waals surface area contributed by atoms with Gasteiger partial charge in [-0.3, -0.25) is 14.9 Å². The summed E-state index contributed by atoms with van der Waals surface area (Å²) in [6.07, 6.45) is 1.96. The van der Waals surface area contributed by atoms with Crippen molar-refractivity contribution in [1.29, 1.82) is 0 Å². The summed E-state index contributed by atoms with van der Waals surface area (Å²) in [6, 6.07) is 8.58. The number of amides is 2. The van der Waals surface area contributed by atoms with E-state index in [-0.39, 0.29) is 22.6 Å². The summed E-state index contributed by atoms with van der Waals surface area (Å²) in [5, 5.41) is 2.52. The van der Waals surface area contributed by atoms with Gasteiger partial charge in [0.25, 0.3) is 0 Å². The molecule has 0 bridgehead atoms. The van der Waals surface area contributed by atoms with Crippen molar-refractivity contribution in [3.05, 3.63) is 29.8 Å². The highest BCUT2D eigenvalue weighted by molar-refractivity contribution is 6.01. The minimum atomic E-state index is -0.383. The van der Waals surface area contributed by atoms with Crippen molar-refractivity contribution in [2.24, 2.45) is 5.41 Å². The van der Waals surface area contributed by atoms with Gasteiger partial charge in [-0.2, -0.15) is 0 Å². The lowest BCUT2D eigenvalue weighted by atomic mass is 9.79. The maximum Gasteiger partial charge on any atom is 0.234 e. The van der Waals surface area contributed by atoms with Crippen molar-refractivity contribution in [1.82, 2.24) is 5.32 Å². The van der Waals surface area contributed by atoms with E-state index in [2.05, 4.69) is 55.3 Å². The molecule has 2 amide bonds. The smallest absolute Gasteiger partial charge is 0.234 e. The van der Waals surface area contributed by atoms with Crippen molar-refractivity contribution in [3.8, 4) is 0 Å². The number of rotatable bonds is 1. The summed E-state index contributed by atoms with van der Waals surface area (Å²) in [5.74, 6) is -0.220. The number of carbonyl (C=O) groups excluding carboxylic acids is 2. The molecule has 4 nitrogen and oxygen atoms in total. The number of hydrogen-bond donors (Lipinski definition) is 1. The first-order valence-electron chi connectivity index (χ1n) is 8.00. The maximum atomic E-state index is 12.3. The van der Waals surface area contributed by atoms with Crippen LogP contribution in [0.2, 0.25) is 0 Å². The van der Waals surface area contributed by atoms with E-state index in [1.807, 2.05) is 0 Å². The van der Waals surface area contributed by atoms with Crippen LogP contribution in [0, 0.1) is 5.41 Å². The largest absolute Gasteiger partial charge is 0.370 e. The molecule has 2 heterocycles. The molecular formula is C18H24N2O2. The van der Waals surface area contributed by atoms with Crippen LogP contribution < -0.4 is 10.2 Å². The highest BCUT2D eigenvalue weighted by Gasteiger charge is 2.47. The lowest BCUT2D eigenvalue weighted by Gasteiger charge is -2.32. The molecule has 1 atom stereocenters. The van der Waals surface area contributed by atoms with E-state index in [9.17, 15) is 9.59 Å². The van der Waals surface area contributed by atoms with E-state index in [4.69, 9.17) is 0 Å². The van der Waals surface area contributed by atoms with Crippen LogP contribution in [-0.2, 0) is 15.0 Å². The van der Waals surface area contributed by atoms with E-state index < -0.39 is 0 Å². The van der Waals surface area contributed by atoms with Gasteiger partial charge >= 0.3 is 0 Å². The molecule has 3 rings (SSSR count). The highest BCUT2D eigenvalue weighted by Crippen LogP contribution is 2.40. The third-order valence-electron chi connectivity index (χ3n) is 5.00. The minimum Gasteiger partial charge on any atom is -0.370 e. The quantitative estimate of drug-likeness (QED) is 0.811. The third kappa shape index (κ3) is 2.62. The first-order valence-corrected chi connectivity index (χ1v) is 8.00. The predicted molar refractivity (Wildman–Crippen MR) is 86.8 cm³/mol. The Morgan fingerprint density at radius 3 is 2.64 bits per heavy atom. The van der Waals surface area contributed by atoms with Crippen molar-refractivity contribution < 1.29 is 9.59 Å². The Morgan fingerprint density at radius 1 is 1.18 bits per heavy atom. The molecule has 1 aromatic rings. The van der Waals surface area contributed by atoms with Gasteiger partial charge in [0, 0.05) is 25.2 Å². The first kappa shape index (κ1) is 15.1. The van der Waals surface area contributed by atoms with Gasteiger partial charge in [0.05, 0.1) is 5.41 Å². The lowest BCUT2D eigenvalue weighted by molar-refractivity contribution is -0.140. The van der Waals surface area contributed by atoms with Crippen LogP contribution in [0.15, 0.2) is 24.3 Å². The molecule has 2 aliphatic heterocycles. The molecule has 118 valence electrons. The fraction of sp³-hybridized carbons (Fsp3) is 0.556. The zero-order chi connectivity index (χ0) is 16.0. The molecule has 2 saturated heterocycles. The molecule has 2 aliphatic rings. The first-order chi connectivity index (χ1) is 10.3. The van der Waals surface area contributed by atoms with Crippen LogP contribution in [-0.4, -0.2) is 24.9 Å². The standard InChI is InChI=1S/C18H24N2O2/c1-17(2,3)13-5-4-6-14(11-13)20-10-9-18(12-20)8-7-15(21)19-16(18)22/h4-6,11H,7-10,12H2,1-3H3,(H,19,21,22). The van der Waals surface area contributed by atoms with Crippen LogP contribution in [0.5, 0.6) is 0 Å². The van der Waals surface area contributed by atoms with Crippen molar-refractivity contribution in [2.45, 2.75) is 45.4 Å². The summed E-state index contributed by atoms with van der Waals surface area (Å²) in [6.45, 7) is 8.20. The number of anilines is 1. The second kappa shape index (κ2) is 5.11. The normalized spacial score (nSPS) is 25.7. The van der Waals surface area contributed by atoms with Gasteiger partial charge in [-0.05, 0) is 36.0 Å². The zero-order valence-corrected chi connectivity index (χ0v) is 13.6. The van der Waals surface area contributed by atoms with Gasteiger partial charge in [0.1, 0.15) is 0 Å². The van der Waals surface area contributed by atoms with Crippen LogP contribution in [0.4, 0.5) is 5.69 Å². The van der Waals surface area contributed by atoms with Gasteiger partial charge in [-0.15, -0.1) is 0 Å². The molecule has 0 radical (unpaired) electrons. The fourth-order valence-electron chi connectivity index (χ4n) is 3.44. The Labute approximate surface area is 131 Å². The molecule has 2 fully saturated rings. The second-order valence-electron chi connectivity index (χ2n) is 7.63. The van der Waals surface area contributed by atoms with E-state index in [1.165, 1.54) is 11.3 Å².